The van der Waals surface area contributed by atoms with Gasteiger partial charge in [0.05, 0.1) is 38.2 Å². The van der Waals surface area contributed by atoms with E-state index in [0.29, 0.717) is 19.8 Å². The number of nitrogens with zero attached hydrogens (tertiary/aromatic N) is 1. The molecule has 0 N–H and O–H groups in total. The maximum absolute atomic E-state index is 11.7. The zero-order chi connectivity index (χ0) is 12.8. The van der Waals surface area contributed by atoms with E-state index in [9.17, 15) is 9.59 Å². The van der Waals surface area contributed by atoms with Gasteiger partial charge in [-0.3, -0.25) is 4.79 Å². The average Bonchev–Trinajstić information content (AvgIpc) is 2.82. The molecule has 1 heterocycles. The van der Waals surface area contributed by atoms with Crippen LogP contribution in [0.25, 0.3) is 0 Å². The van der Waals surface area contributed by atoms with Gasteiger partial charge in [-0.15, -0.1) is 11.6 Å². The molecular weight excluding hydrogens is 246 g/mol. The molecule has 0 spiro atoms. The molecule has 0 bridgehead atoms. The van der Waals surface area contributed by atoms with Gasteiger partial charge in [0.15, 0.2) is 5.78 Å². The number of carbonyl (C=O) groups is 2. The van der Waals surface area contributed by atoms with Gasteiger partial charge in [0.1, 0.15) is 0 Å². The fourth-order valence-electron chi connectivity index (χ4n) is 2.01. The topological polar surface area (TPSA) is 55.8 Å². The van der Waals surface area contributed by atoms with Crippen LogP contribution < -0.4 is 0 Å². The van der Waals surface area contributed by atoms with E-state index in [1.54, 1.807) is 4.90 Å². The van der Waals surface area contributed by atoms with E-state index in [0.717, 1.165) is 6.42 Å². The molecule has 1 saturated heterocycles. The van der Waals surface area contributed by atoms with Crippen molar-refractivity contribution in [3.63, 3.8) is 0 Å². The van der Waals surface area contributed by atoms with Crippen molar-refractivity contribution in [1.82, 2.24) is 4.90 Å². The lowest BCUT2D eigenvalue weighted by molar-refractivity contribution is -0.121. The normalized spacial score (nSPS) is 23.5. The highest BCUT2D eigenvalue weighted by Gasteiger charge is 2.39. The third-order valence-electron chi connectivity index (χ3n) is 2.87. The minimum Gasteiger partial charge on any atom is -0.453 e. The Bertz CT molecular complexity index is 285. The average molecular weight is 264 g/mol. The first-order valence-electron chi connectivity index (χ1n) is 5.66. The highest BCUT2D eigenvalue weighted by atomic mass is 35.5. The van der Waals surface area contributed by atoms with Gasteiger partial charge >= 0.3 is 6.09 Å². The van der Waals surface area contributed by atoms with Crippen LogP contribution in [0.1, 0.15) is 13.3 Å². The van der Waals surface area contributed by atoms with Crippen molar-refractivity contribution in [2.75, 3.05) is 32.7 Å². The smallest absolute Gasteiger partial charge is 0.409 e. The Morgan fingerprint density at radius 2 is 2.18 bits per heavy atom. The monoisotopic (exact) mass is 263 g/mol. The Morgan fingerprint density at radius 1 is 1.47 bits per heavy atom. The number of rotatable bonds is 5. The number of ether oxygens (including phenoxy) is 2. The lowest BCUT2D eigenvalue weighted by atomic mass is 9.98. The summed E-state index contributed by atoms with van der Waals surface area (Å²) in [6.45, 7) is 3.20. The molecule has 17 heavy (non-hydrogen) atoms. The van der Waals surface area contributed by atoms with E-state index < -0.39 is 6.09 Å². The largest absolute Gasteiger partial charge is 0.453 e. The summed E-state index contributed by atoms with van der Waals surface area (Å²) in [6, 6.07) is -0.256. The molecule has 0 radical (unpaired) electrons. The summed E-state index contributed by atoms with van der Waals surface area (Å²) in [4.78, 5) is 24.9. The highest BCUT2D eigenvalue weighted by Crippen LogP contribution is 2.22. The summed E-state index contributed by atoms with van der Waals surface area (Å²) in [5.41, 5.74) is 0. The summed E-state index contributed by atoms with van der Waals surface area (Å²) in [5, 5.41) is 0. The first-order valence-corrected chi connectivity index (χ1v) is 6.20. The zero-order valence-electron chi connectivity index (χ0n) is 10.1. The number of amides is 1. The number of hydrogen-bond acceptors (Lipinski definition) is 4. The van der Waals surface area contributed by atoms with E-state index in [2.05, 4.69) is 0 Å². The second-order valence-corrected chi connectivity index (χ2v) is 4.24. The second-order valence-electron chi connectivity index (χ2n) is 3.97. The molecule has 98 valence electrons. The molecule has 1 amide bonds. The van der Waals surface area contributed by atoms with Crippen molar-refractivity contribution in [2.45, 2.75) is 19.4 Å². The fraction of sp³-hybridized carbons (Fsp3) is 0.818. The molecule has 0 aliphatic carbocycles. The van der Waals surface area contributed by atoms with Crippen LogP contribution in [-0.2, 0) is 14.3 Å². The van der Waals surface area contributed by atoms with Gasteiger partial charge in [-0.25, -0.2) is 4.79 Å². The van der Waals surface area contributed by atoms with Gasteiger partial charge in [-0.05, 0) is 6.42 Å². The Kier molecular flexibility index (Phi) is 5.71. The molecule has 0 saturated carbocycles. The van der Waals surface area contributed by atoms with Crippen LogP contribution in [0.3, 0.4) is 0 Å². The number of ketones is 1. The Balaban J connectivity index is 2.78. The fourth-order valence-corrected chi connectivity index (χ4v) is 2.21. The van der Waals surface area contributed by atoms with Gasteiger partial charge in [0.25, 0.3) is 0 Å². The lowest BCUT2D eigenvalue weighted by Gasteiger charge is -2.29. The van der Waals surface area contributed by atoms with E-state index in [-0.39, 0.29) is 23.6 Å². The standard InChI is InChI=1S/C11H18ClNO4/c1-3-4-13(11(15)16-2)9-7-17-6-8(9)10(14)5-12/h8-9H,3-7H2,1-2H3. The molecule has 0 aromatic carbocycles. The summed E-state index contributed by atoms with van der Waals surface area (Å²) in [5.74, 6) is -0.469. The van der Waals surface area contributed by atoms with Crippen molar-refractivity contribution < 1.29 is 19.1 Å². The lowest BCUT2D eigenvalue weighted by Crippen LogP contribution is -2.47. The summed E-state index contributed by atoms with van der Waals surface area (Å²) in [6.07, 6.45) is 0.377. The van der Waals surface area contributed by atoms with Crippen LogP contribution in [0.4, 0.5) is 4.79 Å². The van der Waals surface area contributed by atoms with Gasteiger partial charge in [-0.1, -0.05) is 6.92 Å². The van der Waals surface area contributed by atoms with Crippen LogP contribution in [0, 0.1) is 5.92 Å². The first-order chi connectivity index (χ1) is 8.15. The third-order valence-corrected chi connectivity index (χ3v) is 3.13. The Hall–Kier alpha value is -0.810. The van der Waals surface area contributed by atoms with Crippen molar-refractivity contribution in [2.24, 2.45) is 5.92 Å². The maximum Gasteiger partial charge on any atom is 0.409 e. The summed E-state index contributed by atoms with van der Waals surface area (Å²) < 4.78 is 10.0. The number of halogens is 1. The SMILES string of the molecule is CCCN(C(=O)OC)C1COCC1C(=O)CCl. The molecule has 2 unspecified atom stereocenters. The molecule has 1 aliphatic rings. The van der Waals surface area contributed by atoms with Crippen molar-refractivity contribution in [1.29, 1.82) is 0 Å². The summed E-state index contributed by atoms with van der Waals surface area (Å²) >= 11 is 5.55. The van der Waals surface area contributed by atoms with E-state index in [1.807, 2.05) is 6.92 Å². The predicted octanol–water partition coefficient (Wildman–Crippen LogP) is 1.29. The van der Waals surface area contributed by atoms with Crippen LogP contribution in [0.2, 0.25) is 0 Å². The molecule has 0 aromatic rings. The van der Waals surface area contributed by atoms with Crippen molar-refractivity contribution in [3.8, 4) is 0 Å². The summed E-state index contributed by atoms with van der Waals surface area (Å²) in [7, 11) is 1.33. The Morgan fingerprint density at radius 3 is 2.71 bits per heavy atom. The molecule has 2 atom stereocenters. The minimum absolute atomic E-state index is 0.0499. The van der Waals surface area contributed by atoms with Crippen LogP contribution in [0.5, 0.6) is 0 Å². The minimum atomic E-state index is -0.422. The van der Waals surface area contributed by atoms with Gasteiger partial charge < -0.3 is 14.4 Å². The van der Waals surface area contributed by atoms with Crippen LogP contribution in [0.15, 0.2) is 0 Å². The zero-order valence-corrected chi connectivity index (χ0v) is 10.9. The Labute approximate surface area is 106 Å². The first kappa shape index (κ1) is 14.3. The van der Waals surface area contributed by atoms with Crippen LogP contribution in [-0.4, -0.2) is 55.6 Å². The van der Waals surface area contributed by atoms with E-state index >= 15 is 0 Å². The third kappa shape index (κ3) is 3.33. The maximum atomic E-state index is 11.7. The molecule has 1 aliphatic heterocycles. The van der Waals surface area contributed by atoms with Crippen molar-refractivity contribution in [3.05, 3.63) is 0 Å². The van der Waals surface area contributed by atoms with E-state index in [4.69, 9.17) is 21.1 Å². The number of Topliss-reactive ketones (excluding diaryl/α,β-unsaturated/α-hetero) is 1. The number of alkyl halides is 1. The number of methoxy groups -OCH3 is 1. The quantitative estimate of drug-likeness (QED) is 0.702. The van der Waals surface area contributed by atoms with Crippen molar-refractivity contribution >= 4 is 23.5 Å². The molecular formula is C11H18ClNO4. The predicted molar refractivity (Wildman–Crippen MR) is 63.2 cm³/mol. The molecule has 1 fully saturated rings. The number of carbonyl (C=O) groups excluding carboxylic acids is 2. The second kappa shape index (κ2) is 6.81. The van der Waals surface area contributed by atoms with Gasteiger partial charge in [0, 0.05) is 6.54 Å². The number of hydrogen-bond donors (Lipinski definition) is 0. The molecule has 6 heteroatoms. The van der Waals surface area contributed by atoms with Gasteiger partial charge in [0.2, 0.25) is 0 Å². The molecule has 1 rings (SSSR count). The highest BCUT2D eigenvalue weighted by molar-refractivity contribution is 6.28. The van der Waals surface area contributed by atoms with Gasteiger partial charge in [-0.2, -0.15) is 0 Å². The van der Waals surface area contributed by atoms with E-state index in [1.165, 1.54) is 7.11 Å². The van der Waals surface area contributed by atoms with Crippen LogP contribution >= 0.6 is 11.6 Å². The molecule has 5 nitrogen and oxygen atoms in total. The molecule has 0 aromatic heterocycles.